The van der Waals surface area contributed by atoms with E-state index in [0.717, 1.165) is 24.1 Å². The molecule has 0 spiro atoms. The zero-order chi connectivity index (χ0) is 13.0. The topological polar surface area (TPSA) is 25.2 Å². The van der Waals surface area contributed by atoms with E-state index in [1.54, 1.807) is 18.6 Å². The molecule has 0 saturated carbocycles. The van der Waals surface area contributed by atoms with Crippen molar-refractivity contribution < 1.29 is 4.42 Å². The molecule has 18 heavy (non-hydrogen) atoms. The maximum absolute atomic E-state index is 6.05. The highest BCUT2D eigenvalue weighted by Crippen LogP contribution is 2.28. The molecule has 0 fully saturated rings. The predicted octanol–water partition coefficient (Wildman–Crippen LogP) is 4.68. The predicted molar refractivity (Wildman–Crippen MR) is 75.3 cm³/mol. The van der Waals surface area contributed by atoms with Crippen molar-refractivity contribution in [2.75, 3.05) is 6.54 Å². The number of hydrogen-bond acceptors (Lipinski definition) is 2. The average Bonchev–Trinajstić information content (AvgIpc) is 2.82. The first-order chi connectivity index (χ1) is 8.70. The molecule has 0 bridgehead atoms. The number of rotatable bonds is 5. The van der Waals surface area contributed by atoms with Gasteiger partial charge in [-0.2, -0.15) is 0 Å². The summed E-state index contributed by atoms with van der Waals surface area (Å²) < 4.78 is 5.15. The van der Waals surface area contributed by atoms with E-state index in [9.17, 15) is 0 Å². The molecule has 1 aromatic heterocycles. The van der Waals surface area contributed by atoms with Gasteiger partial charge in [0, 0.05) is 15.6 Å². The second kappa shape index (κ2) is 6.28. The van der Waals surface area contributed by atoms with Crippen molar-refractivity contribution in [2.45, 2.75) is 19.4 Å². The first-order valence-electron chi connectivity index (χ1n) is 5.92. The van der Waals surface area contributed by atoms with Gasteiger partial charge in [0.1, 0.15) is 0 Å². The van der Waals surface area contributed by atoms with Crippen LogP contribution < -0.4 is 5.32 Å². The molecule has 1 unspecified atom stereocenters. The molecule has 0 radical (unpaired) electrons. The van der Waals surface area contributed by atoms with Gasteiger partial charge < -0.3 is 9.73 Å². The van der Waals surface area contributed by atoms with Crippen molar-refractivity contribution in [2.24, 2.45) is 0 Å². The van der Waals surface area contributed by atoms with Crippen molar-refractivity contribution in [3.63, 3.8) is 0 Å². The first-order valence-corrected chi connectivity index (χ1v) is 6.67. The van der Waals surface area contributed by atoms with Gasteiger partial charge in [0.25, 0.3) is 0 Å². The lowest BCUT2D eigenvalue weighted by molar-refractivity contribution is 0.548. The Labute approximate surface area is 117 Å². The maximum Gasteiger partial charge on any atom is 0.0953 e. The van der Waals surface area contributed by atoms with Gasteiger partial charge in [-0.15, -0.1) is 0 Å². The summed E-state index contributed by atoms with van der Waals surface area (Å²) in [4.78, 5) is 0. The molecule has 1 N–H and O–H groups in total. The molecular weight excluding hydrogens is 269 g/mol. The fraction of sp³-hybridized carbons (Fsp3) is 0.286. The average molecular weight is 284 g/mol. The minimum atomic E-state index is 0.0555. The van der Waals surface area contributed by atoms with Crippen molar-refractivity contribution >= 4 is 23.2 Å². The van der Waals surface area contributed by atoms with Crippen molar-refractivity contribution in [1.29, 1.82) is 0 Å². The lowest BCUT2D eigenvalue weighted by Gasteiger charge is -2.18. The third kappa shape index (κ3) is 3.29. The highest BCUT2D eigenvalue weighted by molar-refractivity contribution is 6.34. The summed E-state index contributed by atoms with van der Waals surface area (Å²) >= 11 is 12.1. The van der Waals surface area contributed by atoms with Crippen molar-refractivity contribution in [1.82, 2.24) is 5.32 Å². The second-order valence-electron chi connectivity index (χ2n) is 4.15. The fourth-order valence-electron chi connectivity index (χ4n) is 1.90. The zero-order valence-electron chi connectivity index (χ0n) is 10.1. The Kier molecular flexibility index (Phi) is 4.70. The van der Waals surface area contributed by atoms with Crippen LogP contribution in [0, 0.1) is 0 Å². The van der Waals surface area contributed by atoms with E-state index in [1.807, 2.05) is 18.2 Å². The first kappa shape index (κ1) is 13.5. The molecule has 2 rings (SSSR count). The Morgan fingerprint density at radius 2 is 1.89 bits per heavy atom. The molecule has 0 saturated heterocycles. The highest BCUT2D eigenvalue weighted by Gasteiger charge is 2.15. The van der Waals surface area contributed by atoms with Crippen LogP contribution in [0.15, 0.2) is 41.2 Å². The Morgan fingerprint density at radius 3 is 2.44 bits per heavy atom. The van der Waals surface area contributed by atoms with Crippen molar-refractivity contribution in [3.05, 3.63) is 58.0 Å². The van der Waals surface area contributed by atoms with Crippen LogP contribution in [0.2, 0.25) is 10.0 Å². The molecule has 0 amide bonds. The van der Waals surface area contributed by atoms with Crippen LogP contribution in [0.4, 0.5) is 0 Å². The normalized spacial score (nSPS) is 12.6. The smallest absolute Gasteiger partial charge is 0.0953 e. The minimum Gasteiger partial charge on any atom is -0.472 e. The molecule has 0 aliphatic rings. The summed E-state index contributed by atoms with van der Waals surface area (Å²) in [6, 6.07) is 7.59. The Hall–Kier alpha value is -0.960. The van der Waals surface area contributed by atoms with E-state index in [4.69, 9.17) is 27.6 Å². The van der Waals surface area contributed by atoms with Crippen LogP contribution in [0.3, 0.4) is 0 Å². The van der Waals surface area contributed by atoms with Gasteiger partial charge in [-0.05, 0) is 42.8 Å². The number of hydrogen-bond donors (Lipinski definition) is 1. The van der Waals surface area contributed by atoms with E-state index in [1.165, 1.54) is 0 Å². The molecule has 1 aromatic carbocycles. The van der Waals surface area contributed by atoms with Crippen LogP contribution >= 0.6 is 23.2 Å². The largest absolute Gasteiger partial charge is 0.472 e. The molecule has 0 aliphatic heterocycles. The summed E-state index contributed by atoms with van der Waals surface area (Å²) in [5, 5.41) is 4.75. The van der Waals surface area contributed by atoms with Gasteiger partial charge in [-0.1, -0.05) is 30.1 Å². The third-order valence-electron chi connectivity index (χ3n) is 2.69. The molecular formula is C14H15Cl2NO. The molecule has 4 heteroatoms. The Bertz CT molecular complexity index is 476. The molecule has 0 aliphatic carbocycles. The van der Waals surface area contributed by atoms with Crippen LogP contribution in [0.5, 0.6) is 0 Å². The van der Waals surface area contributed by atoms with Gasteiger partial charge in [-0.25, -0.2) is 0 Å². The lowest BCUT2D eigenvalue weighted by atomic mass is 10.0. The monoisotopic (exact) mass is 283 g/mol. The lowest BCUT2D eigenvalue weighted by Crippen LogP contribution is -2.22. The minimum absolute atomic E-state index is 0.0555. The summed E-state index contributed by atoms with van der Waals surface area (Å²) in [5.41, 5.74) is 2.11. The van der Waals surface area contributed by atoms with E-state index in [2.05, 4.69) is 12.2 Å². The second-order valence-corrected chi connectivity index (χ2v) is 5.02. The molecule has 1 heterocycles. The maximum atomic E-state index is 6.05. The zero-order valence-corrected chi connectivity index (χ0v) is 11.6. The van der Waals surface area contributed by atoms with E-state index in [-0.39, 0.29) is 6.04 Å². The number of halogens is 2. The third-order valence-corrected chi connectivity index (χ3v) is 3.13. The summed E-state index contributed by atoms with van der Waals surface area (Å²) in [6.45, 7) is 3.05. The quantitative estimate of drug-likeness (QED) is 0.862. The number of nitrogens with one attached hydrogen (secondary N) is 1. The highest BCUT2D eigenvalue weighted by atomic mass is 35.5. The molecule has 1 atom stereocenters. The van der Waals surface area contributed by atoms with E-state index in [0.29, 0.717) is 10.0 Å². The van der Waals surface area contributed by atoms with Gasteiger partial charge >= 0.3 is 0 Å². The number of benzene rings is 1. The van der Waals surface area contributed by atoms with Gasteiger partial charge in [0.05, 0.1) is 18.6 Å². The summed E-state index contributed by atoms with van der Waals surface area (Å²) in [6.07, 6.45) is 4.47. The summed E-state index contributed by atoms with van der Waals surface area (Å²) in [7, 11) is 0. The summed E-state index contributed by atoms with van der Waals surface area (Å²) in [5.74, 6) is 0. The fourth-order valence-corrected chi connectivity index (χ4v) is 2.44. The van der Waals surface area contributed by atoms with Crippen LogP contribution in [0.1, 0.15) is 30.5 Å². The standard InChI is InChI=1S/C14H15Cl2NO/c1-2-4-17-14(10-3-5-18-9-10)11-6-12(15)8-13(16)7-11/h3,5-9,14,17H,2,4H2,1H3. The van der Waals surface area contributed by atoms with Crippen LogP contribution in [-0.4, -0.2) is 6.54 Å². The SMILES string of the molecule is CCCNC(c1ccoc1)c1cc(Cl)cc(Cl)c1. The Balaban J connectivity index is 2.33. The Morgan fingerprint density at radius 1 is 1.17 bits per heavy atom. The van der Waals surface area contributed by atoms with E-state index < -0.39 is 0 Å². The van der Waals surface area contributed by atoms with E-state index >= 15 is 0 Å². The van der Waals surface area contributed by atoms with Crippen LogP contribution in [0.25, 0.3) is 0 Å². The van der Waals surface area contributed by atoms with Gasteiger partial charge in [-0.3, -0.25) is 0 Å². The van der Waals surface area contributed by atoms with Gasteiger partial charge in [0.2, 0.25) is 0 Å². The van der Waals surface area contributed by atoms with Crippen molar-refractivity contribution in [3.8, 4) is 0 Å². The van der Waals surface area contributed by atoms with Gasteiger partial charge in [0.15, 0.2) is 0 Å². The molecule has 96 valence electrons. The molecule has 2 aromatic rings. The van der Waals surface area contributed by atoms with Crippen LogP contribution in [-0.2, 0) is 0 Å². The molecule has 2 nitrogen and oxygen atoms in total. The number of furan rings is 1.